The van der Waals surface area contributed by atoms with Crippen molar-refractivity contribution in [3.63, 3.8) is 0 Å². The van der Waals surface area contributed by atoms with Gasteiger partial charge in [0.15, 0.2) is 0 Å². The molecule has 0 spiro atoms. The first kappa shape index (κ1) is 17.2. The summed E-state index contributed by atoms with van der Waals surface area (Å²) in [5, 5.41) is 8.18. The van der Waals surface area contributed by atoms with Crippen LogP contribution in [0.25, 0.3) is 0 Å². The molecule has 0 atom stereocenters. The molecule has 3 amide bonds. The molecule has 0 saturated carbocycles. The van der Waals surface area contributed by atoms with Crippen LogP contribution in [0.3, 0.4) is 0 Å². The Labute approximate surface area is 118 Å². The van der Waals surface area contributed by atoms with E-state index in [0.717, 1.165) is 5.56 Å². The van der Waals surface area contributed by atoms with Gasteiger partial charge >= 0.3 is 6.03 Å². The van der Waals surface area contributed by atoms with E-state index >= 15 is 0 Å². The third-order valence-corrected chi connectivity index (χ3v) is 2.31. The molecule has 0 fully saturated rings. The lowest BCUT2D eigenvalue weighted by Crippen LogP contribution is -2.26. The highest BCUT2D eigenvalue weighted by atomic mass is 35.5. The summed E-state index contributed by atoms with van der Waals surface area (Å²) < 4.78 is 0. The second-order valence-corrected chi connectivity index (χ2v) is 3.82. The lowest BCUT2D eigenvalue weighted by Gasteiger charge is -2.06. The van der Waals surface area contributed by atoms with Gasteiger partial charge < -0.3 is 21.7 Å². The quantitative estimate of drug-likeness (QED) is 0.623. The third kappa shape index (κ3) is 7.28. The molecule has 5 N–H and O–H groups in total. The molecule has 0 bridgehead atoms. The van der Waals surface area contributed by atoms with Gasteiger partial charge in [-0.2, -0.15) is 0 Å². The number of urea groups is 1. The number of primary amides is 1. The summed E-state index contributed by atoms with van der Waals surface area (Å²) in [6.45, 7) is 1.13. The fourth-order valence-corrected chi connectivity index (χ4v) is 1.38. The molecule has 0 radical (unpaired) electrons. The molecule has 0 aliphatic heterocycles. The van der Waals surface area contributed by atoms with E-state index in [4.69, 9.17) is 5.73 Å². The molecule has 106 valence electrons. The average Bonchev–Trinajstić information content (AvgIpc) is 2.35. The zero-order chi connectivity index (χ0) is 13.4. The zero-order valence-corrected chi connectivity index (χ0v) is 11.5. The second kappa shape index (κ2) is 9.18. The van der Waals surface area contributed by atoms with Crippen LogP contribution >= 0.6 is 12.4 Å². The van der Waals surface area contributed by atoms with Gasteiger partial charge in [0.05, 0.1) is 0 Å². The average molecular weight is 287 g/mol. The van der Waals surface area contributed by atoms with E-state index < -0.39 is 6.03 Å². The summed E-state index contributed by atoms with van der Waals surface area (Å²) in [4.78, 5) is 22.0. The van der Waals surface area contributed by atoms with Crippen LogP contribution in [-0.2, 0) is 11.3 Å². The number of nitrogens with one attached hydrogen (secondary N) is 3. The minimum atomic E-state index is -0.594. The Kier molecular flexibility index (Phi) is 8.32. The number of nitrogens with two attached hydrogens (primary N) is 1. The summed E-state index contributed by atoms with van der Waals surface area (Å²) in [6.07, 6.45) is 0.456. The largest absolute Gasteiger partial charge is 0.352 e. The van der Waals surface area contributed by atoms with Gasteiger partial charge in [0.1, 0.15) is 0 Å². The number of carbonyl (C=O) groups is 2. The third-order valence-electron chi connectivity index (χ3n) is 2.31. The van der Waals surface area contributed by atoms with Gasteiger partial charge in [-0.25, -0.2) is 4.79 Å². The number of amides is 3. The SMILES string of the molecule is CNCCC(=O)NCc1ccc(NC(N)=O)cc1.Cl. The summed E-state index contributed by atoms with van der Waals surface area (Å²) in [6, 6.07) is 6.52. The Balaban J connectivity index is 0.00000324. The van der Waals surface area contributed by atoms with E-state index in [2.05, 4.69) is 16.0 Å². The lowest BCUT2D eigenvalue weighted by molar-refractivity contribution is -0.121. The molecule has 0 saturated heterocycles. The highest BCUT2D eigenvalue weighted by molar-refractivity contribution is 5.87. The van der Waals surface area contributed by atoms with Gasteiger partial charge in [0.25, 0.3) is 0 Å². The molecule has 1 aromatic carbocycles. The van der Waals surface area contributed by atoms with Gasteiger partial charge in [0, 0.05) is 25.2 Å². The molecule has 6 nitrogen and oxygen atoms in total. The second-order valence-electron chi connectivity index (χ2n) is 3.82. The minimum Gasteiger partial charge on any atom is -0.352 e. The monoisotopic (exact) mass is 286 g/mol. The molecule has 1 rings (SSSR count). The molecule has 1 aromatic rings. The van der Waals surface area contributed by atoms with Crippen LogP contribution in [0, 0.1) is 0 Å². The predicted octanol–water partition coefficient (Wildman–Crippen LogP) is 0.825. The summed E-state index contributed by atoms with van der Waals surface area (Å²) in [7, 11) is 1.80. The maximum atomic E-state index is 11.4. The molecule has 19 heavy (non-hydrogen) atoms. The zero-order valence-electron chi connectivity index (χ0n) is 10.7. The predicted molar refractivity (Wildman–Crippen MR) is 77.3 cm³/mol. The van der Waals surface area contributed by atoms with Crippen molar-refractivity contribution in [3.8, 4) is 0 Å². The van der Waals surface area contributed by atoms with E-state index in [-0.39, 0.29) is 18.3 Å². The Morgan fingerprint density at radius 2 is 1.84 bits per heavy atom. The number of carbonyl (C=O) groups excluding carboxylic acids is 2. The highest BCUT2D eigenvalue weighted by Crippen LogP contribution is 2.08. The number of anilines is 1. The molecule has 0 aliphatic carbocycles. The summed E-state index contributed by atoms with van der Waals surface area (Å²) >= 11 is 0. The smallest absolute Gasteiger partial charge is 0.316 e. The van der Waals surface area contributed by atoms with E-state index in [1.54, 1.807) is 19.2 Å². The van der Waals surface area contributed by atoms with Gasteiger partial charge in [-0.3, -0.25) is 4.79 Å². The van der Waals surface area contributed by atoms with Gasteiger partial charge in [0.2, 0.25) is 5.91 Å². The maximum absolute atomic E-state index is 11.4. The summed E-state index contributed by atoms with van der Waals surface area (Å²) in [5.74, 6) is 0.00341. The van der Waals surface area contributed by atoms with E-state index in [1.807, 2.05) is 12.1 Å². The Morgan fingerprint density at radius 3 is 2.37 bits per heavy atom. The normalized spacial score (nSPS) is 9.32. The van der Waals surface area contributed by atoms with Crippen LogP contribution in [0.2, 0.25) is 0 Å². The van der Waals surface area contributed by atoms with Crippen molar-refractivity contribution in [2.45, 2.75) is 13.0 Å². The van der Waals surface area contributed by atoms with Crippen molar-refractivity contribution in [2.24, 2.45) is 5.73 Å². The van der Waals surface area contributed by atoms with Crippen molar-refractivity contribution in [1.82, 2.24) is 10.6 Å². The molecule has 0 aliphatic rings. The van der Waals surface area contributed by atoms with Crippen molar-refractivity contribution in [1.29, 1.82) is 0 Å². The van der Waals surface area contributed by atoms with E-state index in [9.17, 15) is 9.59 Å². The van der Waals surface area contributed by atoms with Crippen LogP contribution in [0.4, 0.5) is 10.5 Å². The van der Waals surface area contributed by atoms with E-state index in [0.29, 0.717) is 25.2 Å². The number of rotatable bonds is 6. The van der Waals surface area contributed by atoms with Gasteiger partial charge in [-0.1, -0.05) is 12.1 Å². The van der Waals surface area contributed by atoms with Gasteiger partial charge in [-0.05, 0) is 24.7 Å². The van der Waals surface area contributed by atoms with Crippen molar-refractivity contribution >= 4 is 30.0 Å². The maximum Gasteiger partial charge on any atom is 0.316 e. The topological polar surface area (TPSA) is 96.2 Å². The van der Waals surface area contributed by atoms with Crippen LogP contribution in [-0.4, -0.2) is 25.5 Å². The van der Waals surface area contributed by atoms with Gasteiger partial charge in [-0.15, -0.1) is 12.4 Å². The Morgan fingerprint density at radius 1 is 1.21 bits per heavy atom. The molecular formula is C12H19ClN4O2. The minimum absolute atomic E-state index is 0. The molecule has 7 heteroatoms. The summed E-state index contributed by atoms with van der Waals surface area (Å²) in [5.41, 5.74) is 6.59. The Bertz CT molecular complexity index is 409. The molecule has 0 unspecified atom stereocenters. The van der Waals surface area contributed by atoms with Crippen molar-refractivity contribution in [2.75, 3.05) is 18.9 Å². The van der Waals surface area contributed by atoms with Crippen LogP contribution in [0.5, 0.6) is 0 Å². The highest BCUT2D eigenvalue weighted by Gasteiger charge is 2.01. The fraction of sp³-hybridized carbons (Fsp3) is 0.333. The number of hydrogen-bond donors (Lipinski definition) is 4. The van der Waals surface area contributed by atoms with Crippen LogP contribution < -0.4 is 21.7 Å². The number of benzene rings is 1. The number of halogens is 1. The van der Waals surface area contributed by atoms with Crippen LogP contribution in [0.15, 0.2) is 24.3 Å². The lowest BCUT2D eigenvalue weighted by atomic mass is 10.2. The van der Waals surface area contributed by atoms with Crippen molar-refractivity contribution in [3.05, 3.63) is 29.8 Å². The van der Waals surface area contributed by atoms with E-state index in [1.165, 1.54) is 0 Å². The first-order valence-electron chi connectivity index (χ1n) is 5.68. The van der Waals surface area contributed by atoms with Crippen LogP contribution in [0.1, 0.15) is 12.0 Å². The first-order valence-corrected chi connectivity index (χ1v) is 5.68. The van der Waals surface area contributed by atoms with Crippen molar-refractivity contribution < 1.29 is 9.59 Å². The molecule has 0 heterocycles. The Hall–Kier alpha value is -1.79. The fourth-order valence-electron chi connectivity index (χ4n) is 1.38. The standard InChI is InChI=1S/C12H18N4O2.ClH/c1-14-7-6-11(17)15-8-9-2-4-10(5-3-9)16-12(13)18;/h2-5,14H,6-8H2,1H3,(H,15,17)(H3,13,16,18);1H. The number of hydrogen-bond acceptors (Lipinski definition) is 3. The molecule has 0 aromatic heterocycles. The molecular weight excluding hydrogens is 268 g/mol. The first-order chi connectivity index (χ1) is 8.61.